The molecule has 0 aliphatic heterocycles. The molecule has 28 heavy (non-hydrogen) atoms. The number of nitrogens with two attached hydrogens (primary N) is 1. The Morgan fingerprint density at radius 3 is 2.39 bits per heavy atom. The summed E-state index contributed by atoms with van der Waals surface area (Å²) < 4.78 is 13.4. The van der Waals surface area contributed by atoms with E-state index in [1.165, 1.54) is 12.1 Å². The zero-order valence-electron chi connectivity index (χ0n) is 15.4. The molecule has 3 N–H and O–H groups in total. The summed E-state index contributed by atoms with van der Waals surface area (Å²) in [6.45, 7) is 0.0981. The molecule has 0 saturated carbocycles. The topological polar surface area (TPSA) is 59.1 Å². The number of nitrogens with zero attached hydrogens (tertiary/aromatic N) is 1. The minimum Gasteiger partial charge on any atom is -0.399 e. The third-order valence-corrected chi connectivity index (χ3v) is 5.18. The molecule has 0 fully saturated rings. The molecule has 0 amide bonds. The lowest BCUT2D eigenvalue weighted by Gasteiger charge is -2.24. The first-order chi connectivity index (χ1) is 13.6. The number of aliphatic hydroxyl groups is 1. The molecule has 0 spiro atoms. The Labute approximate surface area is 170 Å². The van der Waals surface area contributed by atoms with Gasteiger partial charge in [0.25, 0.3) is 0 Å². The molecule has 3 aromatic rings. The first-order valence-corrected chi connectivity index (χ1v) is 9.60. The van der Waals surface area contributed by atoms with Crippen LogP contribution in [0.5, 0.6) is 0 Å². The second-order valence-electron chi connectivity index (χ2n) is 6.59. The molecule has 0 saturated heterocycles. The van der Waals surface area contributed by atoms with Gasteiger partial charge in [-0.05, 0) is 71.5 Å². The van der Waals surface area contributed by atoms with Crippen molar-refractivity contribution in [2.75, 3.05) is 12.3 Å². The van der Waals surface area contributed by atoms with Crippen molar-refractivity contribution < 1.29 is 9.50 Å². The van der Waals surface area contributed by atoms with Crippen molar-refractivity contribution in [3.63, 3.8) is 0 Å². The number of thiol groups is 1. The van der Waals surface area contributed by atoms with Crippen LogP contribution in [0.25, 0.3) is 10.5 Å². The average molecular weight is 395 g/mol. The van der Waals surface area contributed by atoms with Gasteiger partial charge in [-0.1, -0.05) is 24.3 Å². The average Bonchev–Trinajstić information content (AvgIpc) is 2.72. The summed E-state index contributed by atoms with van der Waals surface area (Å²) in [5, 5.41) is 9.44. The predicted octanol–water partition coefficient (Wildman–Crippen LogP) is 5.16. The molecule has 1 unspecified atom stereocenters. The zero-order valence-corrected chi connectivity index (χ0v) is 16.3. The van der Waals surface area contributed by atoms with Crippen LogP contribution < -0.4 is 5.73 Å². The summed E-state index contributed by atoms with van der Waals surface area (Å²) in [5.74, 6) is -0.321. The number of pyridine rings is 1. The highest BCUT2D eigenvalue weighted by Gasteiger charge is 2.22. The van der Waals surface area contributed by atoms with E-state index in [4.69, 9.17) is 18.4 Å². The fourth-order valence-corrected chi connectivity index (χ4v) is 3.78. The van der Waals surface area contributed by atoms with Crippen LogP contribution in [0, 0.1) is 5.82 Å². The Kier molecular flexibility index (Phi) is 6.85. The summed E-state index contributed by atoms with van der Waals surface area (Å²) in [4.78, 5) is 4.88. The third kappa shape index (κ3) is 4.80. The van der Waals surface area contributed by atoms with E-state index in [9.17, 15) is 9.50 Å². The van der Waals surface area contributed by atoms with E-state index in [1.54, 1.807) is 24.5 Å². The van der Waals surface area contributed by atoms with Crippen molar-refractivity contribution in [1.29, 1.82) is 0 Å². The minimum atomic E-state index is -0.289. The second-order valence-corrected chi connectivity index (χ2v) is 7.04. The quantitative estimate of drug-likeness (QED) is 0.383. The van der Waals surface area contributed by atoms with Crippen LogP contribution in [0.3, 0.4) is 0 Å². The van der Waals surface area contributed by atoms with Gasteiger partial charge < -0.3 is 10.8 Å². The lowest BCUT2D eigenvalue weighted by Crippen LogP contribution is -2.06. The number of benzene rings is 2. The van der Waals surface area contributed by atoms with E-state index in [0.717, 1.165) is 33.6 Å². The number of anilines is 1. The summed E-state index contributed by atoms with van der Waals surface area (Å²) in [6.07, 6.45) is 4.84. The second kappa shape index (κ2) is 9.53. The Morgan fingerprint density at radius 2 is 1.75 bits per heavy atom. The molecular weight excluding hydrogens is 371 g/mol. The van der Waals surface area contributed by atoms with Gasteiger partial charge in [0.05, 0.1) is 0 Å². The van der Waals surface area contributed by atoms with Gasteiger partial charge in [0.2, 0.25) is 0 Å². The Hall–Kier alpha value is -2.63. The SMILES string of the molecule is Nc1cccc(C(CCCO)/C(=C(\S)c2ccc(F)cc2)c2ccncc2)c1. The Balaban J connectivity index is 2.20. The molecule has 0 aliphatic rings. The largest absolute Gasteiger partial charge is 0.399 e. The molecule has 0 radical (unpaired) electrons. The molecule has 0 aliphatic carbocycles. The highest BCUT2D eigenvalue weighted by Crippen LogP contribution is 2.42. The van der Waals surface area contributed by atoms with Gasteiger partial charge in [0, 0.05) is 35.5 Å². The van der Waals surface area contributed by atoms with Crippen molar-refractivity contribution in [2.45, 2.75) is 18.8 Å². The van der Waals surface area contributed by atoms with E-state index in [1.807, 2.05) is 36.4 Å². The number of hydrogen-bond donors (Lipinski definition) is 3. The van der Waals surface area contributed by atoms with E-state index in [2.05, 4.69) is 4.98 Å². The minimum absolute atomic E-state index is 0.0318. The highest BCUT2D eigenvalue weighted by atomic mass is 32.1. The van der Waals surface area contributed by atoms with Crippen LogP contribution in [0.1, 0.15) is 35.4 Å². The van der Waals surface area contributed by atoms with Gasteiger partial charge in [0.15, 0.2) is 0 Å². The van der Waals surface area contributed by atoms with Gasteiger partial charge in [0.1, 0.15) is 5.82 Å². The normalized spacial score (nSPS) is 13.1. The maximum Gasteiger partial charge on any atom is 0.123 e. The van der Waals surface area contributed by atoms with E-state index < -0.39 is 0 Å². The summed E-state index contributed by atoms with van der Waals surface area (Å²) in [5.41, 5.74) is 10.6. The van der Waals surface area contributed by atoms with Crippen LogP contribution in [0.4, 0.5) is 10.1 Å². The van der Waals surface area contributed by atoms with Gasteiger partial charge in [-0.2, -0.15) is 0 Å². The first-order valence-electron chi connectivity index (χ1n) is 9.16. The lowest BCUT2D eigenvalue weighted by molar-refractivity contribution is 0.283. The van der Waals surface area contributed by atoms with Gasteiger partial charge in [-0.25, -0.2) is 4.39 Å². The van der Waals surface area contributed by atoms with Crippen molar-refractivity contribution in [1.82, 2.24) is 4.98 Å². The van der Waals surface area contributed by atoms with Gasteiger partial charge in [-0.15, -0.1) is 12.6 Å². The summed E-state index contributed by atoms with van der Waals surface area (Å²) in [6, 6.07) is 17.9. The number of nitrogen functional groups attached to an aromatic ring is 1. The number of hydrogen-bond acceptors (Lipinski definition) is 4. The van der Waals surface area contributed by atoms with Crippen molar-refractivity contribution in [3.8, 4) is 0 Å². The number of aliphatic hydroxyl groups excluding tert-OH is 1. The number of allylic oxidation sites excluding steroid dienone is 1. The highest BCUT2D eigenvalue weighted by molar-refractivity contribution is 7.90. The Bertz CT molecular complexity index is 942. The number of rotatable bonds is 7. The fourth-order valence-electron chi connectivity index (χ4n) is 3.35. The summed E-state index contributed by atoms with van der Waals surface area (Å²) in [7, 11) is 0. The van der Waals surface area contributed by atoms with Crippen LogP contribution in [0.2, 0.25) is 0 Å². The Morgan fingerprint density at radius 1 is 1.04 bits per heavy atom. The molecule has 5 heteroatoms. The van der Waals surface area contributed by atoms with Crippen molar-refractivity contribution in [2.24, 2.45) is 0 Å². The van der Waals surface area contributed by atoms with E-state index >= 15 is 0 Å². The van der Waals surface area contributed by atoms with E-state index in [-0.39, 0.29) is 18.3 Å². The molecule has 1 aromatic heterocycles. The van der Waals surface area contributed by atoms with Crippen molar-refractivity contribution in [3.05, 3.63) is 95.6 Å². The third-order valence-electron chi connectivity index (χ3n) is 4.68. The van der Waals surface area contributed by atoms with Gasteiger partial charge in [-0.3, -0.25) is 4.98 Å². The summed E-state index contributed by atoms with van der Waals surface area (Å²) >= 11 is 4.84. The fraction of sp³-hybridized carbons (Fsp3) is 0.174. The lowest BCUT2D eigenvalue weighted by atomic mass is 9.82. The van der Waals surface area contributed by atoms with Crippen LogP contribution in [-0.4, -0.2) is 16.7 Å². The standard InChI is InChI=1S/C23H23FN2OS/c24-19-8-6-17(7-9-19)23(28)22(16-10-12-26-13-11-16)21(5-2-14-27)18-3-1-4-20(25)15-18/h1,3-4,6-13,15,21,27-28H,2,5,14,25H2/b23-22-. The molecule has 2 aromatic carbocycles. The van der Waals surface area contributed by atoms with E-state index in [0.29, 0.717) is 12.1 Å². The zero-order chi connectivity index (χ0) is 19.9. The first kappa shape index (κ1) is 20.1. The predicted molar refractivity (Wildman–Crippen MR) is 116 cm³/mol. The van der Waals surface area contributed by atoms with Crippen molar-refractivity contribution >= 4 is 28.8 Å². The monoisotopic (exact) mass is 394 g/mol. The maximum absolute atomic E-state index is 13.4. The molecule has 1 heterocycles. The molecule has 0 bridgehead atoms. The molecule has 144 valence electrons. The molecular formula is C23H23FN2OS. The molecule has 3 rings (SSSR count). The molecule has 3 nitrogen and oxygen atoms in total. The van der Waals surface area contributed by atoms with Crippen LogP contribution >= 0.6 is 12.6 Å². The molecule has 1 atom stereocenters. The smallest absolute Gasteiger partial charge is 0.123 e. The van der Waals surface area contributed by atoms with Crippen LogP contribution in [0.15, 0.2) is 73.1 Å². The maximum atomic E-state index is 13.4. The number of aromatic nitrogens is 1. The van der Waals surface area contributed by atoms with Gasteiger partial charge >= 0.3 is 0 Å². The number of halogens is 1. The van der Waals surface area contributed by atoms with Crippen LogP contribution in [-0.2, 0) is 0 Å².